The average molecular weight is 513 g/mol. The molecule has 6 nitrogen and oxygen atoms in total. The second-order valence-corrected chi connectivity index (χ2v) is 9.66. The van der Waals surface area contributed by atoms with Crippen LogP contribution in [-0.4, -0.2) is 22.2 Å². The molecule has 2 N–H and O–H groups in total. The molecular formula is C28H31F3N4O2. The minimum absolute atomic E-state index is 0.0505. The second kappa shape index (κ2) is 11.3. The van der Waals surface area contributed by atoms with Gasteiger partial charge in [-0.2, -0.15) is 18.2 Å². The molecule has 0 spiro atoms. The van der Waals surface area contributed by atoms with Crippen molar-refractivity contribution < 1.29 is 22.6 Å². The molecule has 5 rings (SSSR count). The predicted octanol–water partition coefficient (Wildman–Crippen LogP) is 8.02. The number of benzene rings is 2. The molecule has 0 amide bonds. The molecule has 1 aromatic heterocycles. The average Bonchev–Trinajstić information content (AvgIpc) is 3.39. The topological polar surface area (TPSA) is 68.3 Å². The molecular weight excluding hydrogens is 481 g/mol. The standard InChI is InChI=1S/C28H31F3N4O2/c29-28(30,31)25-18-32-27(34-19-13-15-23(16-14-19)36-21-10-4-5-11-21)35-26(25)33-20-7-6-12-24(17-20)37-22-8-2-1-3-9-22/h6-7,12-18,21-22H,1-5,8-11H2,(H2,32,33,34,35). The Balaban J connectivity index is 1.31. The summed E-state index contributed by atoms with van der Waals surface area (Å²) < 4.78 is 53.2. The van der Waals surface area contributed by atoms with Crippen LogP contribution in [0.4, 0.5) is 36.3 Å². The summed E-state index contributed by atoms with van der Waals surface area (Å²) in [6.07, 6.45) is 6.50. The summed E-state index contributed by atoms with van der Waals surface area (Å²) in [5.41, 5.74) is 0.154. The molecule has 196 valence electrons. The maximum atomic E-state index is 13.7. The zero-order chi connectivity index (χ0) is 25.7. The highest BCUT2D eigenvalue weighted by Gasteiger charge is 2.35. The largest absolute Gasteiger partial charge is 0.490 e. The third-order valence-electron chi connectivity index (χ3n) is 6.76. The minimum atomic E-state index is -4.61. The molecule has 2 aromatic carbocycles. The summed E-state index contributed by atoms with van der Waals surface area (Å²) >= 11 is 0. The van der Waals surface area contributed by atoms with Crippen LogP contribution >= 0.6 is 0 Å². The van der Waals surface area contributed by atoms with Crippen molar-refractivity contribution in [3.63, 3.8) is 0 Å². The number of aromatic nitrogens is 2. The smallest absolute Gasteiger partial charge is 0.421 e. The van der Waals surface area contributed by atoms with Crippen LogP contribution in [0, 0.1) is 0 Å². The lowest BCUT2D eigenvalue weighted by Gasteiger charge is -2.23. The Morgan fingerprint density at radius 3 is 2.05 bits per heavy atom. The minimum Gasteiger partial charge on any atom is -0.490 e. The first-order valence-corrected chi connectivity index (χ1v) is 12.9. The summed E-state index contributed by atoms with van der Waals surface area (Å²) in [6.45, 7) is 0. The Morgan fingerprint density at radius 2 is 1.38 bits per heavy atom. The lowest BCUT2D eigenvalue weighted by molar-refractivity contribution is -0.137. The van der Waals surface area contributed by atoms with Gasteiger partial charge in [-0.15, -0.1) is 0 Å². The lowest BCUT2D eigenvalue weighted by atomic mass is 9.98. The first-order chi connectivity index (χ1) is 17.9. The van der Waals surface area contributed by atoms with Gasteiger partial charge in [-0.3, -0.25) is 0 Å². The fraction of sp³-hybridized carbons (Fsp3) is 0.429. The summed E-state index contributed by atoms with van der Waals surface area (Å²) in [5.74, 6) is 1.11. The quantitative estimate of drug-likeness (QED) is 0.319. The first kappa shape index (κ1) is 25.2. The second-order valence-electron chi connectivity index (χ2n) is 9.66. The zero-order valence-electron chi connectivity index (χ0n) is 20.6. The van der Waals surface area contributed by atoms with E-state index in [0.717, 1.165) is 50.5 Å². The Kier molecular flexibility index (Phi) is 7.67. The highest BCUT2D eigenvalue weighted by molar-refractivity contribution is 5.64. The van der Waals surface area contributed by atoms with Crippen molar-refractivity contribution in [3.8, 4) is 11.5 Å². The van der Waals surface area contributed by atoms with Gasteiger partial charge < -0.3 is 20.1 Å². The van der Waals surface area contributed by atoms with Crippen LogP contribution in [0.2, 0.25) is 0 Å². The molecule has 0 aliphatic heterocycles. The monoisotopic (exact) mass is 512 g/mol. The van der Waals surface area contributed by atoms with Gasteiger partial charge in [-0.25, -0.2) is 4.98 Å². The van der Waals surface area contributed by atoms with E-state index in [9.17, 15) is 13.2 Å². The van der Waals surface area contributed by atoms with Gasteiger partial charge in [-0.1, -0.05) is 12.5 Å². The molecule has 2 aliphatic rings. The van der Waals surface area contributed by atoms with Crippen LogP contribution in [0.25, 0.3) is 0 Å². The number of hydrogen-bond acceptors (Lipinski definition) is 6. The summed E-state index contributed by atoms with van der Waals surface area (Å²) in [7, 11) is 0. The summed E-state index contributed by atoms with van der Waals surface area (Å²) in [4.78, 5) is 8.06. The number of nitrogens with one attached hydrogen (secondary N) is 2. The van der Waals surface area contributed by atoms with E-state index < -0.39 is 11.7 Å². The molecule has 37 heavy (non-hydrogen) atoms. The predicted molar refractivity (Wildman–Crippen MR) is 137 cm³/mol. The SMILES string of the molecule is FC(F)(F)c1cnc(Nc2ccc(OC3CCCC3)cc2)nc1Nc1cccc(OC2CCCCC2)c1. The third kappa shape index (κ3) is 6.84. The highest BCUT2D eigenvalue weighted by atomic mass is 19.4. The van der Waals surface area contributed by atoms with Gasteiger partial charge in [0.05, 0.1) is 12.2 Å². The maximum Gasteiger partial charge on any atom is 0.421 e. The van der Waals surface area contributed by atoms with Crippen molar-refractivity contribution in [2.75, 3.05) is 10.6 Å². The first-order valence-electron chi connectivity index (χ1n) is 12.9. The van der Waals surface area contributed by atoms with E-state index in [1.165, 1.54) is 19.3 Å². The normalized spacial score (nSPS) is 16.9. The molecule has 0 bridgehead atoms. The van der Waals surface area contributed by atoms with Gasteiger partial charge in [0.1, 0.15) is 22.9 Å². The van der Waals surface area contributed by atoms with Gasteiger partial charge in [-0.05, 0) is 87.8 Å². The molecule has 2 saturated carbocycles. The summed E-state index contributed by atoms with van der Waals surface area (Å²) in [6, 6.07) is 14.2. The van der Waals surface area contributed by atoms with Crippen molar-refractivity contribution >= 4 is 23.1 Å². The molecule has 1 heterocycles. The van der Waals surface area contributed by atoms with Crippen molar-refractivity contribution in [3.05, 3.63) is 60.3 Å². The van der Waals surface area contributed by atoms with E-state index >= 15 is 0 Å². The molecule has 9 heteroatoms. The molecule has 0 atom stereocenters. The number of ether oxygens (including phenoxy) is 2. The maximum absolute atomic E-state index is 13.7. The number of rotatable bonds is 8. The van der Waals surface area contributed by atoms with Crippen LogP contribution in [0.15, 0.2) is 54.7 Å². The van der Waals surface area contributed by atoms with E-state index in [1.807, 2.05) is 18.2 Å². The highest BCUT2D eigenvalue weighted by Crippen LogP contribution is 2.36. The Labute approximate surface area is 214 Å². The van der Waals surface area contributed by atoms with E-state index in [4.69, 9.17) is 9.47 Å². The van der Waals surface area contributed by atoms with E-state index in [-0.39, 0.29) is 24.0 Å². The molecule has 0 unspecified atom stereocenters. The molecule has 2 aliphatic carbocycles. The number of nitrogens with zero attached hydrogens (tertiary/aromatic N) is 2. The lowest BCUT2D eigenvalue weighted by Crippen LogP contribution is -2.19. The van der Waals surface area contributed by atoms with Crippen molar-refractivity contribution in [1.82, 2.24) is 9.97 Å². The van der Waals surface area contributed by atoms with Gasteiger partial charge >= 0.3 is 6.18 Å². The van der Waals surface area contributed by atoms with Crippen molar-refractivity contribution in [1.29, 1.82) is 0 Å². The molecule has 0 radical (unpaired) electrons. The van der Waals surface area contributed by atoms with Gasteiger partial charge in [0.2, 0.25) is 5.95 Å². The van der Waals surface area contributed by atoms with E-state index in [2.05, 4.69) is 20.6 Å². The van der Waals surface area contributed by atoms with Crippen LogP contribution in [-0.2, 0) is 6.18 Å². The zero-order valence-corrected chi connectivity index (χ0v) is 20.6. The Morgan fingerprint density at radius 1 is 0.730 bits per heavy atom. The molecule has 0 saturated heterocycles. The summed E-state index contributed by atoms with van der Waals surface area (Å²) in [5, 5.41) is 5.81. The van der Waals surface area contributed by atoms with Crippen LogP contribution < -0.4 is 20.1 Å². The van der Waals surface area contributed by atoms with Crippen LogP contribution in [0.3, 0.4) is 0 Å². The number of anilines is 4. The van der Waals surface area contributed by atoms with Gasteiger partial charge in [0, 0.05) is 23.6 Å². The third-order valence-corrected chi connectivity index (χ3v) is 6.76. The molecule has 2 fully saturated rings. The van der Waals surface area contributed by atoms with Crippen molar-refractivity contribution in [2.24, 2.45) is 0 Å². The van der Waals surface area contributed by atoms with E-state index in [1.54, 1.807) is 30.3 Å². The fourth-order valence-corrected chi connectivity index (χ4v) is 4.85. The molecule has 3 aromatic rings. The van der Waals surface area contributed by atoms with Gasteiger partial charge in [0.15, 0.2) is 0 Å². The number of halogens is 3. The number of hydrogen-bond donors (Lipinski definition) is 2. The van der Waals surface area contributed by atoms with Gasteiger partial charge in [0.25, 0.3) is 0 Å². The van der Waals surface area contributed by atoms with Crippen LogP contribution in [0.1, 0.15) is 63.4 Å². The Hall–Kier alpha value is -3.49. The van der Waals surface area contributed by atoms with Crippen LogP contribution in [0.5, 0.6) is 11.5 Å². The fourth-order valence-electron chi connectivity index (χ4n) is 4.85. The number of alkyl halides is 3. The van der Waals surface area contributed by atoms with Crippen molar-refractivity contribution in [2.45, 2.75) is 76.2 Å². The Bertz CT molecular complexity index is 1170. The van der Waals surface area contributed by atoms with E-state index in [0.29, 0.717) is 17.1 Å².